The minimum atomic E-state index is -0.660. The topological polar surface area (TPSA) is 77.2 Å². The van der Waals surface area contributed by atoms with E-state index in [1.54, 1.807) is 11.8 Å². The van der Waals surface area contributed by atoms with Crippen LogP contribution in [0.5, 0.6) is 0 Å². The summed E-state index contributed by atoms with van der Waals surface area (Å²) in [6.45, 7) is 0.923. The number of hydrogen-bond donors (Lipinski definition) is 2. The lowest BCUT2D eigenvalue weighted by atomic mass is 9.76. The molecule has 4 rings (SSSR count). The standard InChI is InChI=1S/C18H18FN3O2S/c19-13-6-21-16(17(20)23)15(14(13)11-4-2-1-3-5-11)18-9-24-7-12(18)8-25-10-22-18/h1-6,12,22H,7-10H2,(H2,20,23). The van der Waals surface area contributed by atoms with Gasteiger partial charge in [-0.1, -0.05) is 30.3 Å². The molecule has 3 heterocycles. The van der Waals surface area contributed by atoms with Crippen LogP contribution < -0.4 is 11.1 Å². The Balaban J connectivity index is 2.03. The summed E-state index contributed by atoms with van der Waals surface area (Å²) >= 11 is 1.76. The van der Waals surface area contributed by atoms with E-state index in [4.69, 9.17) is 10.5 Å². The molecule has 2 aromatic rings. The second-order valence-electron chi connectivity index (χ2n) is 6.31. The molecular formula is C18H18FN3O2S. The van der Waals surface area contributed by atoms with Crippen LogP contribution in [0, 0.1) is 11.7 Å². The predicted octanol–water partition coefficient (Wildman–Crippen LogP) is 2.12. The van der Waals surface area contributed by atoms with Crippen molar-refractivity contribution in [2.75, 3.05) is 24.8 Å². The molecule has 2 aliphatic rings. The second-order valence-corrected chi connectivity index (χ2v) is 7.34. The van der Waals surface area contributed by atoms with Crippen LogP contribution in [0.25, 0.3) is 11.1 Å². The number of benzene rings is 1. The Morgan fingerprint density at radius 1 is 1.40 bits per heavy atom. The summed E-state index contributed by atoms with van der Waals surface area (Å²) < 4.78 is 20.6. The van der Waals surface area contributed by atoms with Crippen LogP contribution in [0.3, 0.4) is 0 Å². The van der Waals surface area contributed by atoms with Gasteiger partial charge in [-0.05, 0) is 5.56 Å². The average Bonchev–Trinajstić information content (AvgIpc) is 3.06. The number of pyridine rings is 1. The number of thioether (sulfide) groups is 1. The Morgan fingerprint density at radius 3 is 2.96 bits per heavy atom. The number of nitrogens with two attached hydrogens (primary N) is 1. The van der Waals surface area contributed by atoms with Crippen molar-refractivity contribution in [1.82, 2.24) is 10.3 Å². The third kappa shape index (κ3) is 2.63. The van der Waals surface area contributed by atoms with Gasteiger partial charge >= 0.3 is 0 Å². The Hall–Kier alpha value is -1.96. The third-order valence-electron chi connectivity index (χ3n) is 4.93. The first-order chi connectivity index (χ1) is 12.1. The molecule has 1 aromatic carbocycles. The molecule has 2 atom stereocenters. The molecule has 2 saturated heterocycles. The molecular weight excluding hydrogens is 341 g/mol. The van der Waals surface area contributed by atoms with Gasteiger partial charge in [0.25, 0.3) is 5.91 Å². The predicted molar refractivity (Wildman–Crippen MR) is 94.6 cm³/mol. The quantitative estimate of drug-likeness (QED) is 0.878. The highest BCUT2D eigenvalue weighted by Crippen LogP contribution is 2.45. The number of halogens is 1. The van der Waals surface area contributed by atoms with Crippen LogP contribution >= 0.6 is 11.8 Å². The zero-order chi connectivity index (χ0) is 17.4. The van der Waals surface area contributed by atoms with Crippen LogP contribution in [0.1, 0.15) is 16.1 Å². The average molecular weight is 359 g/mol. The van der Waals surface area contributed by atoms with Crippen LogP contribution in [0.4, 0.5) is 4.39 Å². The van der Waals surface area contributed by atoms with Crippen LogP contribution in [0.2, 0.25) is 0 Å². The normalized spacial score (nSPS) is 25.6. The molecule has 25 heavy (non-hydrogen) atoms. The monoisotopic (exact) mass is 359 g/mol. The summed E-state index contributed by atoms with van der Waals surface area (Å²) in [6, 6.07) is 9.20. The molecule has 0 bridgehead atoms. The fourth-order valence-electron chi connectivity index (χ4n) is 3.75. The van der Waals surface area contributed by atoms with Gasteiger partial charge in [0.15, 0.2) is 0 Å². The van der Waals surface area contributed by atoms with Crippen LogP contribution in [0.15, 0.2) is 36.5 Å². The van der Waals surface area contributed by atoms with Gasteiger partial charge in [0.05, 0.1) is 24.9 Å². The van der Waals surface area contributed by atoms with Crippen molar-refractivity contribution in [2.24, 2.45) is 11.7 Å². The van der Waals surface area contributed by atoms with Gasteiger partial charge in [-0.25, -0.2) is 9.37 Å². The molecule has 1 aromatic heterocycles. The van der Waals surface area contributed by atoms with Crippen molar-refractivity contribution >= 4 is 17.7 Å². The first-order valence-electron chi connectivity index (χ1n) is 8.08. The first kappa shape index (κ1) is 16.5. The van der Waals surface area contributed by atoms with Crippen molar-refractivity contribution < 1.29 is 13.9 Å². The lowest BCUT2D eigenvalue weighted by Crippen LogP contribution is -2.53. The van der Waals surface area contributed by atoms with E-state index in [0.29, 0.717) is 35.8 Å². The lowest BCUT2D eigenvalue weighted by molar-refractivity contribution is 0.0990. The highest BCUT2D eigenvalue weighted by molar-refractivity contribution is 7.99. The number of carbonyl (C=O) groups is 1. The summed E-state index contributed by atoms with van der Waals surface area (Å²) in [5, 5.41) is 3.47. The number of amides is 1. The van der Waals surface area contributed by atoms with E-state index in [2.05, 4.69) is 10.3 Å². The molecule has 1 amide bonds. The number of rotatable bonds is 3. The molecule has 2 unspecified atom stereocenters. The lowest BCUT2D eigenvalue weighted by Gasteiger charge is -2.40. The summed E-state index contributed by atoms with van der Waals surface area (Å²) in [5.74, 6) is 0.563. The molecule has 2 aliphatic heterocycles. The Bertz CT molecular complexity index is 817. The fourth-order valence-corrected chi connectivity index (χ4v) is 4.89. The molecule has 3 N–H and O–H groups in total. The van der Waals surface area contributed by atoms with E-state index in [1.165, 1.54) is 0 Å². The Morgan fingerprint density at radius 2 is 2.20 bits per heavy atom. The van der Waals surface area contributed by atoms with Crippen molar-refractivity contribution in [2.45, 2.75) is 5.54 Å². The van der Waals surface area contributed by atoms with Gasteiger partial charge in [-0.3, -0.25) is 10.1 Å². The number of fused-ring (bicyclic) bond motifs is 1. The third-order valence-corrected chi connectivity index (χ3v) is 5.92. The number of nitrogens with one attached hydrogen (secondary N) is 1. The zero-order valence-electron chi connectivity index (χ0n) is 13.5. The van der Waals surface area contributed by atoms with E-state index in [9.17, 15) is 9.18 Å². The van der Waals surface area contributed by atoms with Crippen LogP contribution in [-0.2, 0) is 10.3 Å². The molecule has 0 aliphatic carbocycles. The van der Waals surface area contributed by atoms with Crippen molar-refractivity contribution in [3.8, 4) is 11.1 Å². The Labute approximate surface area is 149 Å². The molecule has 0 saturated carbocycles. The van der Waals surface area contributed by atoms with Gasteiger partial charge in [0.2, 0.25) is 0 Å². The summed E-state index contributed by atoms with van der Waals surface area (Å²) in [6.07, 6.45) is 1.07. The highest BCUT2D eigenvalue weighted by Gasteiger charge is 2.50. The van der Waals surface area contributed by atoms with E-state index >= 15 is 0 Å². The summed E-state index contributed by atoms with van der Waals surface area (Å²) in [4.78, 5) is 16.2. The second kappa shape index (κ2) is 6.40. The minimum Gasteiger partial charge on any atom is -0.379 e. The number of ether oxygens (including phenoxy) is 1. The number of aromatic nitrogens is 1. The van der Waals surface area contributed by atoms with Gasteiger partial charge in [0, 0.05) is 28.7 Å². The largest absolute Gasteiger partial charge is 0.379 e. The van der Waals surface area contributed by atoms with Gasteiger partial charge < -0.3 is 10.5 Å². The number of primary amides is 1. The molecule has 2 fully saturated rings. The number of hydrogen-bond acceptors (Lipinski definition) is 5. The van der Waals surface area contributed by atoms with Crippen molar-refractivity contribution in [3.05, 3.63) is 53.6 Å². The van der Waals surface area contributed by atoms with E-state index in [0.717, 1.165) is 11.9 Å². The van der Waals surface area contributed by atoms with Gasteiger partial charge in [-0.15, -0.1) is 11.8 Å². The fraction of sp³-hybridized carbons (Fsp3) is 0.333. The van der Waals surface area contributed by atoms with Gasteiger partial charge in [0.1, 0.15) is 11.5 Å². The summed E-state index contributed by atoms with van der Waals surface area (Å²) in [7, 11) is 0. The van der Waals surface area contributed by atoms with Gasteiger partial charge in [-0.2, -0.15) is 0 Å². The SMILES string of the molecule is NC(=O)c1ncc(F)c(-c2ccccc2)c1C12COCC1CSCN2. The number of nitrogens with zero attached hydrogens (tertiary/aromatic N) is 1. The smallest absolute Gasteiger partial charge is 0.267 e. The minimum absolute atomic E-state index is 0.107. The zero-order valence-corrected chi connectivity index (χ0v) is 14.3. The highest BCUT2D eigenvalue weighted by atomic mass is 32.2. The van der Waals surface area contributed by atoms with E-state index < -0.39 is 17.3 Å². The first-order valence-corrected chi connectivity index (χ1v) is 9.23. The maximum atomic E-state index is 14.9. The van der Waals surface area contributed by atoms with E-state index in [-0.39, 0.29) is 11.6 Å². The molecule has 0 spiro atoms. The molecule has 0 radical (unpaired) electrons. The summed E-state index contributed by atoms with van der Waals surface area (Å²) in [5.41, 5.74) is 6.64. The Kier molecular flexibility index (Phi) is 4.23. The molecule has 5 nitrogen and oxygen atoms in total. The molecule has 7 heteroatoms. The van der Waals surface area contributed by atoms with Crippen molar-refractivity contribution in [1.29, 1.82) is 0 Å². The molecule has 130 valence electrons. The number of carbonyl (C=O) groups excluding carboxylic acids is 1. The maximum Gasteiger partial charge on any atom is 0.267 e. The maximum absolute atomic E-state index is 14.9. The van der Waals surface area contributed by atoms with Crippen LogP contribution in [-0.4, -0.2) is 35.7 Å². The van der Waals surface area contributed by atoms with Crippen molar-refractivity contribution in [3.63, 3.8) is 0 Å². The van der Waals surface area contributed by atoms with E-state index in [1.807, 2.05) is 30.3 Å².